The van der Waals surface area contributed by atoms with Crippen molar-refractivity contribution >= 4 is 5.84 Å². The van der Waals surface area contributed by atoms with Crippen molar-refractivity contribution in [2.45, 2.75) is 13.3 Å². The van der Waals surface area contributed by atoms with E-state index in [1.807, 2.05) is 6.92 Å². The Labute approximate surface area is 65.0 Å². The molecule has 0 fully saturated rings. The Balaban J connectivity index is 2.86. The summed E-state index contributed by atoms with van der Waals surface area (Å²) in [6, 6.07) is 0. The highest BCUT2D eigenvalue weighted by Gasteiger charge is 1.99. The summed E-state index contributed by atoms with van der Waals surface area (Å²) in [6.45, 7) is 1.87. The molecule has 0 atom stereocenters. The molecule has 0 aliphatic carbocycles. The molecule has 0 unspecified atom stereocenters. The van der Waals surface area contributed by atoms with Gasteiger partial charge in [-0.1, -0.05) is 0 Å². The van der Waals surface area contributed by atoms with Crippen LogP contribution in [0.4, 0.5) is 0 Å². The lowest BCUT2D eigenvalue weighted by Crippen LogP contribution is -2.14. The monoisotopic (exact) mass is 150 g/mol. The van der Waals surface area contributed by atoms with Crippen LogP contribution in [0, 0.1) is 12.3 Å². The highest BCUT2D eigenvalue weighted by molar-refractivity contribution is 5.79. The van der Waals surface area contributed by atoms with E-state index in [1.54, 1.807) is 6.20 Å². The summed E-state index contributed by atoms with van der Waals surface area (Å²) in [4.78, 5) is 7.80. The first-order chi connectivity index (χ1) is 5.20. The van der Waals surface area contributed by atoms with Gasteiger partial charge in [0.25, 0.3) is 0 Å². The summed E-state index contributed by atoms with van der Waals surface area (Å²) in [7, 11) is 0. The van der Waals surface area contributed by atoms with E-state index in [0.717, 1.165) is 11.3 Å². The first kappa shape index (κ1) is 7.65. The zero-order valence-electron chi connectivity index (χ0n) is 6.33. The summed E-state index contributed by atoms with van der Waals surface area (Å²) in [5, 5.41) is 7.05. The van der Waals surface area contributed by atoms with E-state index >= 15 is 0 Å². The summed E-state index contributed by atoms with van der Waals surface area (Å²) >= 11 is 0. The second kappa shape index (κ2) is 3.09. The lowest BCUT2D eigenvalue weighted by molar-refractivity contribution is 1.03. The van der Waals surface area contributed by atoms with Crippen molar-refractivity contribution < 1.29 is 0 Å². The Kier molecular flexibility index (Phi) is 2.15. The van der Waals surface area contributed by atoms with E-state index in [4.69, 9.17) is 11.1 Å². The van der Waals surface area contributed by atoms with Crippen LogP contribution in [0.15, 0.2) is 12.5 Å². The van der Waals surface area contributed by atoms with Gasteiger partial charge in [0.2, 0.25) is 0 Å². The lowest BCUT2D eigenvalue weighted by atomic mass is 10.2. The summed E-state index contributed by atoms with van der Waals surface area (Å²) < 4.78 is 0. The molecular formula is C7H10N4. The number of nitrogens with one attached hydrogen (secondary N) is 1. The number of hydrogen-bond donors (Lipinski definition) is 2. The van der Waals surface area contributed by atoms with Crippen LogP contribution in [0.1, 0.15) is 11.3 Å². The number of hydrogen-bond acceptors (Lipinski definition) is 3. The molecule has 0 aromatic carbocycles. The van der Waals surface area contributed by atoms with Gasteiger partial charge < -0.3 is 5.73 Å². The molecule has 1 heterocycles. The minimum Gasteiger partial charge on any atom is -0.387 e. The average molecular weight is 150 g/mol. The third-order valence-electron chi connectivity index (χ3n) is 1.39. The van der Waals surface area contributed by atoms with Crippen LogP contribution < -0.4 is 5.73 Å². The Hall–Kier alpha value is -1.45. The van der Waals surface area contributed by atoms with Gasteiger partial charge in [-0.15, -0.1) is 0 Å². The molecule has 0 saturated heterocycles. The van der Waals surface area contributed by atoms with Crippen LogP contribution in [0.3, 0.4) is 0 Å². The zero-order valence-corrected chi connectivity index (χ0v) is 6.33. The first-order valence-corrected chi connectivity index (χ1v) is 3.28. The molecule has 1 rings (SSSR count). The van der Waals surface area contributed by atoms with Crippen molar-refractivity contribution in [2.24, 2.45) is 5.73 Å². The highest BCUT2D eigenvalue weighted by Crippen LogP contribution is 2.01. The van der Waals surface area contributed by atoms with Crippen molar-refractivity contribution in [3.63, 3.8) is 0 Å². The molecule has 0 bridgehead atoms. The topological polar surface area (TPSA) is 75.7 Å². The third kappa shape index (κ3) is 2.00. The molecule has 1 aromatic heterocycles. The molecule has 11 heavy (non-hydrogen) atoms. The van der Waals surface area contributed by atoms with Crippen molar-refractivity contribution in [3.05, 3.63) is 23.8 Å². The van der Waals surface area contributed by atoms with Gasteiger partial charge in [-0.2, -0.15) is 0 Å². The van der Waals surface area contributed by atoms with E-state index in [1.165, 1.54) is 6.33 Å². The molecule has 4 nitrogen and oxygen atoms in total. The number of aryl methyl sites for hydroxylation is 1. The predicted octanol–water partition coefficient (Wildman–Crippen LogP) is 0.263. The normalized spacial score (nSPS) is 9.55. The molecule has 0 aliphatic heterocycles. The Morgan fingerprint density at radius 1 is 1.73 bits per heavy atom. The molecule has 0 aliphatic rings. The van der Waals surface area contributed by atoms with Crippen molar-refractivity contribution in [1.29, 1.82) is 5.41 Å². The van der Waals surface area contributed by atoms with Crippen molar-refractivity contribution in [1.82, 2.24) is 9.97 Å². The van der Waals surface area contributed by atoms with Crippen LogP contribution in [0.25, 0.3) is 0 Å². The molecule has 0 radical (unpaired) electrons. The molecule has 4 heteroatoms. The van der Waals surface area contributed by atoms with Gasteiger partial charge in [0.1, 0.15) is 6.33 Å². The fourth-order valence-electron chi connectivity index (χ4n) is 0.798. The summed E-state index contributed by atoms with van der Waals surface area (Å²) in [5.41, 5.74) is 7.02. The molecule has 0 spiro atoms. The first-order valence-electron chi connectivity index (χ1n) is 3.28. The van der Waals surface area contributed by atoms with E-state index in [-0.39, 0.29) is 5.84 Å². The van der Waals surface area contributed by atoms with E-state index in [9.17, 15) is 0 Å². The number of nitrogens with two attached hydrogens (primary N) is 1. The minimum atomic E-state index is 0.142. The second-order valence-electron chi connectivity index (χ2n) is 2.34. The average Bonchev–Trinajstić information content (AvgIpc) is 1.93. The number of rotatable bonds is 2. The SMILES string of the molecule is Cc1ncncc1CC(=N)N. The predicted molar refractivity (Wildman–Crippen MR) is 42.4 cm³/mol. The van der Waals surface area contributed by atoms with Crippen LogP contribution >= 0.6 is 0 Å². The second-order valence-corrected chi connectivity index (χ2v) is 2.34. The minimum absolute atomic E-state index is 0.142. The zero-order chi connectivity index (χ0) is 8.27. The lowest BCUT2D eigenvalue weighted by Gasteiger charge is -2.00. The molecule has 1 aromatic rings. The largest absolute Gasteiger partial charge is 0.387 e. The quantitative estimate of drug-likeness (QED) is 0.469. The van der Waals surface area contributed by atoms with Gasteiger partial charge in [-0.3, -0.25) is 5.41 Å². The summed E-state index contributed by atoms with van der Waals surface area (Å²) in [6.07, 6.45) is 3.61. The van der Waals surface area contributed by atoms with Crippen molar-refractivity contribution in [3.8, 4) is 0 Å². The maximum atomic E-state index is 7.05. The van der Waals surface area contributed by atoms with Crippen LogP contribution in [0.5, 0.6) is 0 Å². The maximum absolute atomic E-state index is 7.05. The fourth-order valence-corrected chi connectivity index (χ4v) is 0.798. The summed E-state index contributed by atoms with van der Waals surface area (Å²) in [5.74, 6) is 0.142. The van der Waals surface area contributed by atoms with Crippen molar-refractivity contribution in [2.75, 3.05) is 0 Å². The van der Waals surface area contributed by atoms with Gasteiger partial charge in [0.05, 0.1) is 5.84 Å². The van der Waals surface area contributed by atoms with Crippen LogP contribution in [-0.2, 0) is 6.42 Å². The van der Waals surface area contributed by atoms with E-state index in [0.29, 0.717) is 6.42 Å². The smallest absolute Gasteiger partial charge is 0.115 e. The van der Waals surface area contributed by atoms with E-state index in [2.05, 4.69) is 9.97 Å². The molecule has 3 N–H and O–H groups in total. The van der Waals surface area contributed by atoms with Gasteiger partial charge in [0, 0.05) is 18.3 Å². The number of aromatic nitrogens is 2. The number of nitrogens with zero attached hydrogens (tertiary/aromatic N) is 2. The van der Waals surface area contributed by atoms with Gasteiger partial charge in [0.15, 0.2) is 0 Å². The van der Waals surface area contributed by atoms with Crippen LogP contribution in [0.2, 0.25) is 0 Å². The molecule has 58 valence electrons. The maximum Gasteiger partial charge on any atom is 0.115 e. The Morgan fingerprint density at radius 3 is 3.00 bits per heavy atom. The van der Waals surface area contributed by atoms with Crippen LogP contribution in [-0.4, -0.2) is 15.8 Å². The molecule has 0 saturated carbocycles. The van der Waals surface area contributed by atoms with E-state index < -0.39 is 0 Å². The van der Waals surface area contributed by atoms with Gasteiger partial charge >= 0.3 is 0 Å². The van der Waals surface area contributed by atoms with Gasteiger partial charge in [-0.25, -0.2) is 9.97 Å². The van der Waals surface area contributed by atoms with Gasteiger partial charge in [-0.05, 0) is 12.5 Å². The Bertz CT molecular complexity index is 269. The molecule has 0 amide bonds. The third-order valence-corrected chi connectivity index (χ3v) is 1.39. The standard InChI is InChI=1S/C7H10N4/c1-5-6(2-7(8)9)3-10-4-11-5/h3-4H,2H2,1H3,(H3,8,9). The Morgan fingerprint density at radius 2 is 2.45 bits per heavy atom. The fraction of sp³-hybridized carbons (Fsp3) is 0.286. The molecular weight excluding hydrogens is 140 g/mol. The highest BCUT2D eigenvalue weighted by atomic mass is 14.8. The number of amidine groups is 1.